The number of rotatable bonds is 7. The van der Waals surface area contributed by atoms with Crippen molar-refractivity contribution in [2.75, 3.05) is 0 Å². The summed E-state index contributed by atoms with van der Waals surface area (Å²) < 4.78 is 170. The Morgan fingerprint density at radius 1 is 0.466 bits per heavy atom. The summed E-state index contributed by atoms with van der Waals surface area (Å²) in [6, 6.07) is 4.80. The molecule has 0 saturated carbocycles. The number of pyridine rings is 2. The molecular weight excluding hydrogens is 701 g/mol. The third kappa shape index (κ3) is 11.4. The van der Waals surface area contributed by atoms with Crippen LogP contribution in [0.5, 0.6) is 0 Å². The second-order valence-corrected chi connectivity index (χ2v) is 18.5. The molecule has 0 radical (unpaired) electrons. The van der Waals surface area contributed by atoms with Gasteiger partial charge in [0.05, 0.1) is 13.7 Å². The predicted molar refractivity (Wildman–Crippen MR) is 250 cm³/mol. The molecule has 0 N–H and O–H groups in total. The second kappa shape index (κ2) is 17.6. The highest BCUT2D eigenvalue weighted by molar-refractivity contribution is 5.77. The Bertz CT molecular complexity index is 3290. The molecule has 0 spiro atoms. The normalized spacial score (nSPS) is 17.9. The summed E-state index contributed by atoms with van der Waals surface area (Å²) in [6.07, 6.45) is 0.850. The summed E-state index contributed by atoms with van der Waals surface area (Å²) in [5, 5.41) is 0. The minimum absolute atomic E-state index is 0.0457. The van der Waals surface area contributed by atoms with Crippen LogP contribution in [-0.4, -0.2) is 0 Å². The number of aryl methyl sites for hydroxylation is 7. The van der Waals surface area contributed by atoms with Crippen molar-refractivity contribution in [1.29, 1.82) is 0 Å². The van der Waals surface area contributed by atoms with Gasteiger partial charge in [-0.1, -0.05) is 135 Å². The number of aromatic nitrogens is 2. The van der Waals surface area contributed by atoms with E-state index in [9.17, 15) is 0 Å². The van der Waals surface area contributed by atoms with E-state index >= 15 is 0 Å². The summed E-state index contributed by atoms with van der Waals surface area (Å²) in [7, 11) is 3.58. The third-order valence-electron chi connectivity index (χ3n) is 9.40. The second-order valence-electron chi connectivity index (χ2n) is 18.5. The van der Waals surface area contributed by atoms with Crippen LogP contribution in [0.15, 0.2) is 109 Å². The van der Waals surface area contributed by atoms with Crippen molar-refractivity contribution in [2.45, 2.75) is 116 Å². The molecule has 6 aromatic rings. The number of nitrogens with zero attached hydrogens (tertiary/aromatic N) is 2. The average Bonchev–Trinajstić information content (AvgIpc) is 3.29. The highest BCUT2D eigenvalue weighted by Crippen LogP contribution is 2.35. The first-order valence-corrected chi connectivity index (χ1v) is 19.6. The van der Waals surface area contributed by atoms with E-state index in [1.807, 2.05) is 65.2 Å². The van der Waals surface area contributed by atoms with Crippen molar-refractivity contribution in [3.05, 3.63) is 154 Å². The Hall–Kier alpha value is -4.82. The molecular formula is C56H72N2+2. The van der Waals surface area contributed by atoms with Crippen LogP contribution in [0.1, 0.15) is 134 Å². The Balaban J connectivity index is 0.000000289. The van der Waals surface area contributed by atoms with Crippen LogP contribution in [0.3, 0.4) is 0 Å². The molecule has 2 heteroatoms. The van der Waals surface area contributed by atoms with E-state index in [4.69, 9.17) is 27.4 Å². The van der Waals surface area contributed by atoms with Gasteiger partial charge in [-0.2, -0.15) is 0 Å². The maximum Gasteiger partial charge on any atom is 0.212 e. The lowest BCUT2D eigenvalue weighted by atomic mass is 9.81. The van der Waals surface area contributed by atoms with Gasteiger partial charge in [-0.15, -0.1) is 0 Å². The fourth-order valence-corrected chi connectivity index (χ4v) is 6.90. The van der Waals surface area contributed by atoms with E-state index < -0.39 is 97.7 Å². The van der Waals surface area contributed by atoms with Crippen LogP contribution < -0.4 is 9.13 Å². The standard InChI is InChI=1S/C30H40N.C26H32N/c1-21-15-22(2)27(17-26(21)23-13-11-10-12-14-23)28-16-24(18-29(3,4)5)25(20-31(28)9)19-30(6,7)8;1-18-14-25(27(7)17-22(18)16-26(4,5)6)24-15-23(19(2)13-20(24)3)21-11-9-8-10-12-21/h10-17,20H,18-19H2,1-9H3;8-15,17H,16H2,1-7H3/q2*+1/i1D3,10D,11D,12D,13D,14D,19D2;2D3,8D,9D,10D,11D,12D,16D2. The van der Waals surface area contributed by atoms with E-state index in [-0.39, 0.29) is 38.8 Å². The molecule has 4 aromatic carbocycles. The van der Waals surface area contributed by atoms with Gasteiger partial charge in [0.15, 0.2) is 12.4 Å². The van der Waals surface area contributed by atoms with Gasteiger partial charge in [0.25, 0.3) is 0 Å². The SMILES string of the molecule is [2H]c1c([2H])c([2H])c(-c2cc(-c3cc(C)c(C([2H])([2H])C(C)(C)C)c[n+]3C)c(C)cc2C([2H])([2H])[2H])c([2H])c1[2H].[2H]c1c([2H])c([2H])c(-c2cc(-c3cc(CC(C)(C)C)c(C([2H])([2H])C(C)(C)C)c[n+]3C)c(C)cc2C([2H])([2H])[2H])c([2H])c1[2H]. The Morgan fingerprint density at radius 2 is 0.879 bits per heavy atom. The molecule has 6 rings (SSSR count). The van der Waals surface area contributed by atoms with E-state index in [2.05, 4.69) is 20.8 Å². The molecule has 0 aliphatic heterocycles. The summed E-state index contributed by atoms with van der Waals surface area (Å²) >= 11 is 0. The number of hydrogen-bond acceptors (Lipinski definition) is 0. The van der Waals surface area contributed by atoms with Crippen LogP contribution in [-0.2, 0) is 33.3 Å². The van der Waals surface area contributed by atoms with Gasteiger partial charge in [-0.05, 0) is 138 Å². The molecule has 0 aliphatic rings. The Labute approximate surface area is 381 Å². The number of benzene rings is 4. The molecule has 0 amide bonds. The molecule has 304 valence electrons. The summed E-state index contributed by atoms with van der Waals surface area (Å²) in [4.78, 5) is 0. The highest BCUT2D eigenvalue weighted by atomic mass is 14.9. The molecule has 0 saturated heterocycles. The third-order valence-corrected chi connectivity index (χ3v) is 9.40. The fraction of sp³-hybridized carbons (Fsp3) is 0.393. The zero-order valence-corrected chi connectivity index (χ0v) is 36.7. The van der Waals surface area contributed by atoms with E-state index in [0.717, 1.165) is 11.1 Å². The zero-order chi connectivity index (χ0) is 60.0. The minimum Gasteiger partial charge on any atom is -0.201 e. The lowest BCUT2D eigenvalue weighted by Crippen LogP contribution is -2.33. The van der Waals surface area contributed by atoms with Crippen molar-refractivity contribution in [3.8, 4) is 44.8 Å². The molecule has 58 heavy (non-hydrogen) atoms. The molecule has 2 aromatic heterocycles. The first-order chi connectivity index (χ1) is 35.1. The highest BCUT2D eigenvalue weighted by Gasteiger charge is 2.25. The Kier molecular flexibility index (Phi) is 7.37. The van der Waals surface area contributed by atoms with Gasteiger partial charge in [-0.25, -0.2) is 9.13 Å². The van der Waals surface area contributed by atoms with Gasteiger partial charge in [0.1, 0.15) is 14.1 Å². The molecule has 0 aliphatic carbocycles. The van der Waals surface area contributed by atoms with Crippen LogP contribution in [0.25, 0.3) is 44.8 Å². The smallest absolute Gasteiger partial charge is 0.201 e. The quantitative estimate of drug-likeness (QED) is 0.142. The maximum absolute atomic E-state index is 9.03. The molecule has 0 fully saturated rings. The summed E-state index contributed by atoms with van der Waals surface area (Å²) in [5.74, 6) is 0. The lowest BCUT2D eigenvalue weighted by molar-refractivity contribution is -0.661. The van der Waals surface area contributed by atoms with Gasteiger partial charge in [0, 0.05) is 48.1 Å². The van der Waals surface area contributed by atoms with Gasteiger partial charge in [0.2, 0.25) is 11.4 Å². The van der Waals surface area contributed by atoms with Gasteiger partial charge in [-0.3, -0.25) is 0 Å². The van der Waals surface area contributed by atoms with Gasteiger partial charge >= 0.3 is 0 Å². The topological polar surface area (TPSA) is 7.76 Å². The minimum atomic E-state index is -2.60. The van der Waals surface area contributed by atoms with Crippen molar-refractivity contribution in [2.24, 2.45) is 30.3 Å². The number of hydrogen-bond donors (Lipinski definition) is 0. The van der Waals surface area contributed by atoms with Crippen molar-refractivity contribution in [3.63, 3.8) is 0 Å². The molecule has 0 bridgehead atoms. The van der Waals surface area contributed by atoms with Crippen LogP contribution in [0.2, 0.25) is 0 Å². The van der Waals surface area contributed by atoms with Gasteiger partial charge < -0.3 is 0 Å². The fourth-order valence-electron chi connectivity index (χ4n) is 6.90. The zero-order valence-electron chi connectivity index (χ0n) is 56.7. The van der Waals surface area contributed by atoms with Crippen molar-refractivity contribution in [1.82, 2.24) is 0 Å². The lowest BCUT2D eigenvalue weighted by Gasteiger charge is -2.24. The molecule has 2 nitrogen and oxygen atoms in total. The monoisotopic (exact) mass is 793 g/mol. The van der Waals surface area contributed by atoms with Crippen LogP contribution >= 0.6 is 0 Å². The van der Waals surface area contributed by atoms with Crippen molar-refractivity contribution < 1.29 is 36.5 Å². The van der Waals surface area contributed by atoms with Crippen LogP contribution in [0, 0.1) is 50.7 Å². The van der Waals surface area contributed by atoms with E-state index in [1.165, 1.54) is 12.1 Å². The molecule has 0 unspecified atom stereocenters. The first kappa shape index (κ1) is 24.3. The van der Waals surface area contributed by atoms with Crippen LogP contribution in [0.4, 0.5) is 0 Å². The summed E-state index contributed by atoms with van der Waals surface area (Å²) in [6.45, 7) is 17.5. The van der Waals surface area contributed by atoms with Crippen molar-refractivity contribution >= 4 is 0 Å². The Morgan fingerprint density at radius 3 is 1.29 bits per heavy atom. The maximum atomic E-state index is 9.03. The van der Waals surface area contributed by atoms with E-state index in [1.54, 1.807) is 57.0 Å². The average molecular weight is 793 g/mol. The summed E-state index contributed by atoms with van der Waals surface area (Å²) in [5.41, 5.74) is 4.60. The molecule has 2 heterocycles. The predicted octanol–water partition coefficient (Wildman–Crippen LogP) is 14.0. The molecule has 0 atom stereocenters. The van der Waals surface area contributed by atoms with E-state index in [0.29, 0.717) is 51.2 Å². The largest absolute Gasteiger partial charge is 0.212 e. The first-order valence-electron chi connectivity index (χ1n) is 29.6.